The Kier molecular flexibility index (Phi) is 3.97. The number of nitro benzene ring substituents is 1. The Hall–Kier alpha value is -1.99. The van der Waals surface area contributed by atoms with Gasteiger partial charge < -0.3 is 9.67 Å². The number of nitrogens with zero attached hydrogens (tertiary/aromatic N) is 4. The monoisotopic (exact) mass is 310 g/mol. The van der Waals surface area contributed by atoms with E-state index in [9.17, 15) is 15.2 Å². The van der Waals surface area contributed by atoms with Gasteiger partial charge in [0, 0.05) is 28.3 Å². The minimum atomic E-state index is -0.514. The molecule has 0 amide bonds. The summed E-state index contributed by atoms with van der Waals surface area (Å²) in [5, 5.41) is 28.5. The van der Waals surface area contributed by atoms with Crippen molar-refractivity contribution in [2.45, 2.75) is 32.9 Å². The highest BCUT2D eigenvalue weighted by molar-refractivity contribution is 6.31. The fourth-order valence-corrected chi connectivity index (χ4v) is 2.35. The first-order chi connectivity index (χ1) is 9.74. The summed E-state index contributed by atoms with van der Waals surface area (Å²) in [6.45, 7) is 5.51. The third-order valence-electron chi connectivity index (χ3n) is 2.89. The molecule has 7 nitrogen and oxygen atoms in total. The van der Waals surface area contributed by atoms with Crippen LogP contribution in [0.1, 0.15) is 26.6 Å². The van der Waals surface area contributed by atoms with Crippen LogP contribution < -0.4 is 0 Å². The van der Waals surface area contributed by atoms with Crippen molar-refractivity contribution < 1.29 is 10.0 Å². The summed E-state index contributed by atoms with van der Waals surface area (Å²) < 4.78 is 1.74. The van der Waals surface area contributed by atoms with E-state index >= 15 is 0 Å². The highest BCUT2D eigenvalue weighted by Gasteiger charge is 2.24. The summed E-state index contributed by atoms with van der Waals surface area (Å²) in [5.41, 5.74) is -0.0311. The van der Waals surface area contributed by atoms with E-state index in [0.29, 0.717) is 17.2 Å². The quantitative estimate of drug-likeness (QED) is 0.695. The Bertz CT molecular complexity index is 691. The Balaban J connectivity index is 2.68. The van der Waals surface area contributed by atoms with E-state index in [2.05, 4.69) is 10.2 Å². The average Bonchev–Trinajstić information content (AvgIpc) is 2.81. The zero-order chi connectivity index (χ0) is 15.8. The van der Waals surface area contributed by atoms with Crippen LogP contribution in [0.25, 0.3) is 11.4 Å². The van der Waals surface area contributed by atoms with Crippen molar-refractivity contribution in [3.05, 3.63) is 39.2 Å². The van der Waals surface area contributed by atoms with Crippen molar-refractivity contribution in [2.24, 2.45) is 0 Å². The topological polar surface area (TPSA) is 94.1 Å². The van der Waals surface area contributed by atoms with Gasteiger partial charge in [-0.25, -0.2) is 0 Å². The number of hydrogen-bond acceptors (Lipinski definition) is 5. The van der Waals surface area contributed by atoms with Crippen LogP contribution in [0.5, 0.6) is 0 Å². The summed E-state index contributed by atoms with van der Waals surface area (Å²) in [5.74, 6) is 0.817. The highest BCUT2D eigenvalue weighted by Crippen LogP contribution is 2.31. The molecule has 1 aromatic heterocycles. The van der Waals surface area contributed by atoms with Crippen molar-refractivity contribution in [3.63, 3.8) is 0 Å². The number of aliphatic hydroxyl groups is 1. The van der Waals surface area contributed by atoms with Crippen LogP contribution in [-0.2, 0) is 12.1 Å². The van der Waals surface area contributed by atoms with E-state index in [4.69, 9.17) is 11.6 Å². The van der Waals surface area contributed by atoms with Crippen molar-refractivity contribution in [2.75, 3.05) is 0 Å². The van der Waals surface area contributed by atoms with Gasteiger partial charge in [-0.1, -0.05) is 11.6 Å². The molecule has 2 rings (SSSR count). The molecule has 0 saturated heterocycles. The molecule has 0 radical (unpaired) electrons. The van der Waals surface area contributed by atoms with Gasteiger partial charge in [0.1, 0.15) is 6.61 Å². The first-order valence-corrected chi connectivity index (χ1v) is 6.63. The van der Waals surface area contributed by atoms with E-state index in [0.717, 1.165) is 0 Å². The largest absolute Gasteiger partial charge is 0.388 e. The van der Waals surface area contributed by atoms with Crippen LogP contribution in [0.2, 0.25) is 5.02 Å². The maximum atomic E-state index is 10.9. The van der Waals surface area contributed by atoms with Gasteiger partial charge in [0.05, 0.1) is 4.92 Å². The number of aromatic nitrogens is 3. The number of halogens is 1. The smallest absolute Gasteiger partial charge is 0.271 e. The SMILES string of the molecule is CC(C)(C)n1c(CO)nnc1-c1cc(Cl)cc([N+](=O)[O-])c1. The third-order valence-corrected chi connectivity index (χ3v) is 3.11. The Morgan fingerprint density at radius 3 is 2.52 bits per heavy atom. The van der Waals surface area contributed by atoms with Crippen molar-refractivity contribution in [3.8, 4) is 11.4 Å². The fourth-order valence-electron chi connectivity index (χ4n) is 2.12. The number of hydrogen-bond donors (Lipinski definition) is 1. The first-order valence-electron chi connectivity index (χ1n) is 6.25. The lowest BCUT2D eigenvalue weighted by atomic mass is 10.1. The lowest BCUT2D eigenvalue weighted by molar-refractivity contribution is -0.384. The Morgan fingerprint density at radius 1 is 1.33 bits per heavy atom. The zero-order valence-electron chi connectivity index (χ0n) is 11.9. The van der Waals surface area contributed by atoms with Crippen LogP contribution in [-0.4, -0.2) is 24.8 Å². The molecule has 1 heterocycles. The molecule has 0 fully saturated rings. The van der Waals surface area contributed by atoms with Crippen LogP contribution in [0.4, 0.5) is 5.69 Å². The van der Waals surface area contributed by atoms with Gasteiger partial charge in [-0.15, -0.1) is 10.2 Å². The van der Waals surface area contributed by atoms with Crippen LogP contribution >= 0.6 is 11.6 Å². The number of non-ortho nitro benzene ring substituents is 1. The van der Waals surface area contributed by atoms with Crippen molar-refractivity contribution in [1.29, 1.82) is 0 Å². The minimum Gasteiger partial charge on any atom is -0.388 e. The molecule has 0 aliphatic heterocycles. The van der Waals surface area contributed by atoms with E-state index in [1.807, 2.05) is 20.8 Å². The second kappa shape index (κ2) is 5.42. The third kappa shape index (κ3) is 3.03. The number of nitro groups is 1. The standard InChI is InChI=1S/C13H15ClN4O3/c1-13(2,3)17-11(7-19)15-16-12(17)8-4-9(14)6-10(5-8)18(20)21/h4-6,19H,7H2,1-3H3. The summed E-state index contributed by atoms with van der Waals surface area (Å²) >= 11 is 5.94. The molecular formula is C13H15ClN4O3. The number of aliphatic hydroxyl groups excluding tert-OH is 1. The molecule has 0 bridgehead atoms. The predicted molar refractivity (Wildman–Crippen MR) is 78.0 cm³/mol. The zero-order valence-corrected chi connectivity index (χ0v) is 12.6. The first kappa shape index (κ1) is 15.4. The number of rotatable bonds is 3. The maximum absolute atomic E-state index is 10.9. The normalized spacial score (nSPS) is 11.7. The molecular weight excluding hydrogens is 296 g/mol. The molecule has 0 aliphatic rings. The van der Waals surface area contributed by atoms with Gasteiger partial charge in [0.25, 0.3) is 5.69 Å². The van der Waals surface area contributed by atoms with Gasteiger partial charge >= 0.3 is 0 Å². The molecule has 21 heavy (non-hydrogen) atoms. The molecule has 0 atom stereocenters. The van der Waals surface area contributed by atoms with Gasteiger partial charge in [0.15, 0.2) is 11.6 Å². The highest BCUT2D eigenvalue weighted by atomic mass is 35.5. The van der Waals surface area contributed by atoms with Crippen LogP contribution in [0.15, 0.2) is 18.2 Å². The molecule has 2 aromatic rings. The van der Waals surface area contributed by atoms with Crippen LogP contribution in [0, 0.1) is 10.1 Å². The van der Waals surface area contributed by atoms with Crippen molar-refractivity contribution >= 4 is 17.3 Å². The second-order valence-electron chi connectivity index (χ2n) is 5.56. The summed E-state index contributed by atoms with van der Waals surface area (Å²) in [6, 6.07) is 4.25. The summed E-state index contributed by atoms with van der Waals surface area (Å²) in [6.07, 6.45) is 0. The molecule has 1 N–H and O–H groups in total. The Morgan fingerprint density at radius 2 is 2.00 bits per heavy atom. The summed E-state index contributed by atoms with van der Waals surface area (Å²) in [7, 11) is 0. The molecule has 112 valence electrons. The molecule has 0 saturated carbocycles. The maximum Gasteiger partial charge on any atom is 0.271 e. The van der Waals surface area contributed by atoms with Crippen molar-refractivity contribution in [1.82, 2.24) is 14.8 Å². The van der Waals surface area contributed by atoms with E-state index < -0.39 is 10.5 Å². The van der Waals surface area contributed by atoms with Crippen LogP contribution in [0.3, 0.4) is 0 Å². The van der Waals surface area contributed by atoms with Gasteiger partial charge in [0.2, 0.25) is 0 Å². The van der Waals surface area contributed by atoms with E-state index in [1.165, 1.54) is 12.1 Å². The molecule has 8 heteroatoms. The lowest BCUT2D eigenvalue weighted by Gasteiger charge is -2.24. The predicted octanol–water partition coefficient (Wildman–Crippen LogP) is 2.75. The second-order valence-corrected chi connectivity index (χ2v) is 6.00. The molecule has 0 spiro atoms. The van der Waals surface area contributed by atoms with E-state index in [-0.39, 0.29) is 17.3 Å². The van der Waals surface area contributed by atoms with Gasteiger partial charge in [-0.05, 0) is 26.8 Å². The van der Waals surface area contributed by atoms with E-state index in [1.54, 1.807) is 10.6 Å². The lowest BCUT2D eigenvalue weighted by Crippen LogP contribution is -2.25. The number of benzene rings is 1. The van der Waals surface area contributed by atoms with Gasteiger partial charge in [-0.3, -0.25) is 10.1 Å². The summed E-state index contributed by atoms with van der Waals surface area (Å²) in [4.78, 5) is 10.4. The molecule has 1 aromatic carbocycles. The molecule has 0 aliphatic carbocycles. The minimum absolute atomic E-state index is 0.119. The van der Waals surface area contributed by atoms with Gasteiger partial charge in [-0.2, -0.15) is 0 Å². The average molecular weight is 311 g/mol. The fraction of sp³-hybridized carbons (Fsp3) is 0.385. The molecule has 0 unspecified atom stereocenters. The Labute approximate surface area is 126 Å².